The average Bonchev–Trinajstić information content (AvgIpc) is 3.82. The van der Waals surface area contributed by atoms with Crippen LogP contribution in [0.3, 0.4) is 0 Å². The van der Waals surface area contributed by atoms with Crippen molar-refractivity contribution in [1.29, 1.82) is 0 Å². The van der Waals surface area contributed by atoms with Gasteiger partial charge in [0.1, 0.15) is 11.2 Å². The van der Waals surface area contributed by atoms with E-state index in [1.807, 2.05) is 0 Å². The lowest BCUT2D eigenvalue weighted by Gasteiger charge is -2.46. The second kappa shape index (κ2) is 17.3. The lowest BCUT2D eigenvalue weighted by Crippen LogP contribution is -2.61. The molecule has 1 aromatic heterocycles. The molecule has 358 valence electrons. The van der Waals surface area contributed by atoms with Crippen LogP contribution in [0.1, 0.15) is 58.2 Å². The standard InChI is InChI=1S/C69H58BN3O/c1-45-18-14-16-24-59(45)72-61-42-49(47-21-12-9-13-22-47)28-40-58(61)70-67-62(72)44-64-65(56-23-15-17-25-63(56)74-64)66(67)57-43-55(39-41-60(57)73(70)54-33-26-48(27-34-54)46-19-10-8-11-20-46)71(52-35-29-50(30-36-52)68(2,3)4)53-37-31-51(32-38-53)69(5,6)7/h8-44H,1-7H3. The van der Waals surface area contributed by atoms with Crippen LogP contribution in [0.4, 0.5) is 45.5 Å². The van der Waals surface area contributed by atoms with Gasteiger partial charge in [0.05, 0.1) is 0 Å². The van der Waals surface area contributed by atoms with Gasteiger partial charge >= 0.3 is 6.85 Å². The van der Waals surface area contributed by atoms with Crippen molar-refractivity contribution in [3.8, 4) is 33.4 Å². The Morgan fingerprint density at radius 1 is 0.432 bits per heavy atom. The van der Waals surface area contributed by atoms with Gasteiger partial charge in [-0.05, 0) is 146 Å². The monoisotopic (exact) mass is 955 g/mol. The van der Waals surface area contributed by atoms with Crippen molar-refractivity contribution in [3.63, 3.8) is 0 Å². The quantitative estimate of drug-likeness (QED) is 0.149. The van der Waals surface area contributed by atoms with E-state index in [9.17, 15) is 0 Å². The summed E-state index contributed by atoms with van der Waals surface area (Å²) in [7, 11) is 0. The molecule has 5 heteroatoms. The highest BCUT2D eigenvalue weighted by Gasteiger charge is 2.47. The maximum absolute atomic E-state index is 7.04. The second-order valence-electron chi connectivity index (χ2n) is 22.2. The Kier molecular flexibility index (Phi) is 10.6. The number of hydrogen-bond acceptors (Lipinski definition) is 4. The molecule has 0 amide bonds. The topological polar surface area (TPSA) is 22.9 Å². The van der Waals surface area contributed by atoms with Crippen molar-refractivity contribution >= 4 is 85.2 Å². The number of anilines is 8. The molecule has 0 fully saturated rings. The minimum atomic E-state index is -0.204. The molecule has 0 spiro atoms. The van der Waals surface area contributed by atoms with Crippen molar-refractivity contribution in [1.82, 2.24) is 0 Å². The van der Waals surface area contributed by atoms with Crippen LogP contribution in [0.2, 0.25) is 0 Å². The van der Waals surface area contributed by atoms with Crippen LogP contribution < -0.4 is 25.5 Å². The van der Waals surface area contributed by atoms with E-state index in [-0.39, 0.29) is 17.7 Å². The molecule has 11 aromatic rings. The third-order valence-electron chi connectivity index (χ3n) is 15.5. The van der Waals surface area contributed by atoms with E-state index in [1.54, 1.807) is 0 Å². The minimum Gasteiger partial charge on any atom is -0.456 e. The van der Waals surface area contributed by atoms with Gasteiger partial charge in [0.25, 0.3) is 0 Å². The molecule has 74 heavy (non-hydrogen) atoms. The van der Waals surface area contributed by atoms with Gasteiger partial charge in [0.2, 0.25) is 0 Å². The first-order chi connectivity index (χ1) is 35.9. The summed E-state index contributed by atoms with van der Waals surface area (Å²) >= 11 is 0. The summed E-state index contributed by atoms with van der Waals surface area (Å²) in [4.78, 5) is 7.57. The van der Waals surface area contributed by atoms with Crippen LogP contribution in [-0.4, -0.2) is 6.85 Å². The van der Waals surface area contributed by atoms with E-state index in [0.29, 0.717) is 0 Å². The highest BCUT2D eigenvalue weighted by Crippen LogP contribution is 2.53. The van der Waals surface area contributed by atoms with Crippen molar-refractivity contribution in [2.45, 2.75) is 59.3 Å². The Bertz CT molecular complexity index is 3860. The summed E-state index contributed by atoms with van der Waals surface area (Å²) in [6, 6.07) is 83.1. The van der Waals surface area contributed by atoms with Gasteiger partial charge < -0.3 is 19.0 Å². The second-order valence-corrected chi connectivity index (χ2v) is 22.2. The van der Waals surface area contributed by atoms with Crippen LogP contribution in [0.25, 0.3) is 55.3 Å². The van der Waals surface area contributed by atoms with Gasteiger partial charge in [-0.3, -0.25) is 0 Å². The largest absolute Gasteiger partial charge is 0.456 e. The Morgan fingerprint density at radius 3 is 1.62 bits per heavy atom. The lowest BCUT2D eigenvalue weighted by atomic mass is 9.43. The fraction of sp³-hybridized carbons (Fsp3) is 0.130. The maximum atomic E-state index is 7.04. The fourth-order valence-electron chi connectivity index (χ4n) is 11.7. The molecule has 0 saturated heterocycles. The van der Waals surface area contributed by atoms with Gasteiger partial charge in [-0.25, -0.2) is 0 Å². The Hall–Kier alpha value is -8.54. The number of benzene rings is 10. The number of hydrogen-bond donors (Lipinski definition) is 0. The molecule has 0 unspecified atom stereocenters. The van der Waals surface area contributed by atoms with Gasteiger partial charge in [0.15, 0.2) is 0 Å². The smallest absolute Gasteiger partial charge is 0.333 e. The first-order valence-electron chi connectivity index (χ1n) is 26.0. The highest BCUT2D eigenvalue weighted by atomic mass is 16.3. The number of rotatable bonds is 7. The number of furan rings is 1. The summed E-state index contributed by atoms with van der Waals surface area (Å²) < 4.78 is 7.04. The lowest BCUT2D eigenvalue weighted by molar-refractivity contribution is 0.590. The zero-order valence-corrected chi connectivity index (χ0v) is 43.2. The number of fused-ring (bicyclic) bond motifs is 8. The highest BCUT2D eigenvalue weighted by molar-refractivity contribution is 6.94. The maximum Gasteiger partial charge on any atom is 0.333 e. The molecule has 3 heterocycles. The molecular weight excluding hydrogens is 898 g/mol. The Balaban J connectivity index is 1.13. The molecule has 4 nitrogen and oxygen atoms in total. The molecule has 2 aliphatic rings. The molecule has 13 rings (SSSR count). The Labute approximate surface area is 435 Å². The molecule has 0 bridgehead atoms. The number of nitrogens with zero attached hydrogens (tertiary/aromatic N) is 3. The predicted molar refractivity (Wildman–Crippen MR) is 315 cm³/mol. The first-order valence-corrected chi connectivity index (χ1v) is 26.0. The summed E-state index contributed by atoms with van der Waals surface area (Å²) in [5, 5.41) is 2.24. The van der Waals surface area contributed by atoms with Crippen molar-refractivity contribution < 1.29 is 4.42 Å². The van der Waals surface area contributed by atoms with Crippen LogP contribution in [0, 0.1) is 6.92 Å². The molecule has 0 aliphatic carbocycles. The molecule has 10 aromatic carbocycles. The zero-order chi connectivity index (χ0) is 50.5. The number of para-hydroxylation sites is 2. The fourth-order valence-corrected chi connectivity index (χ4v) is 11.7. The SMILES string of the molecule is Cc1ccccc1N1c2cc(-c3ccccc3)ccc2B2c3c1cc1oc4ccccc4c1c3-c1cc(N(c3ccc(C(C)(C)C)cc3)c3ccc(C(C)(C)C)cc3)ccc1N2c1ccc(-c2ccccc2)cc1. The van der Waals surface area contributed by atoms with E-state index >= 15 is 0 Å². The third kappa shape index (κ3) is 7.52. The first kappa shape index (κ1) is 45.3. The molecule has 0 N–H and O–H groups in total. The van der Waals surface area contributed by atoms with E-state index in [0.717, 1.165) is 73.0 Å². The molecular formula is C69H58BN3O. The third-order valence-corrected chi connectivity index (χ3v) is 15.5. The molecule has 0 radical (unpaired) electrons. The predicted octanol–water partition coefficient (Wildman–Crippen LogP) is 18.0. The van der Waals surface area contributed by atoms with Crippen molar-refractivity contribution in [2.75, 3.05) is 14.6 Å². The van der Waals surface area contributed by atoms with E-state index < -0.39 is 0 Å². The van der Waals surface area contributed by atoms with Crippen molar-refractivity contribution in [3.05, 3.63) is 241 Å². The van der Waals surface area contributed by atoms with E-state index in [2.05, 4.69) is 288 Å². The van der Waals surface area contributed by atoms with Gasteiger partial charge in [-0.2, -0.15) is 0 Å². The van der Waals surface area contributed by atoms with Gasteiger partial charge in [-0.15, -0.1) is 0 Å². The molecule has 0 saturated carbocycles. The average molecular weight is 956 g/mol. The summed E-state index contributed by atoms with van der Waals surface area (Å²) in [5.41, 5.74) is 24.0. The minimum absolute atomic E-state index is 0.0158. The number of aryl methyl sites for hydroxylation is 1. The van der Waals surface area contributed by atoms with Crippen LogP contribution in [0.15, 0.2) is 229 Å². The summed E-state index contributed by atoms with van der Waals surface area (Å²) in [6.07, 6.45) is 0. The van der Waals surface area contributed by atoms with E-state index in [4.69, 9.17) is 4.42 Å². The Morgan fingerprint density at radius 2 is 0.986 bits per heavy atom. The molecule has 2 aliphatic heterocycles. The molecule has 0 atom stereocenters. The summed E-state index contributed by atoms with van der Waals surface area (Å²) in [6.45, 7) is 15.7. The zero-order valence-electron chi connectivity index (χ0n) is 43.2. The van der Waals surface area contributed by atoms with Gasteiger partial charge in [-0.1, -0.05) is 187 Å². The van der Waals surface area contributed by atoms with Crippen LogP contribution in [-0.2, 0) is 10.8 Å². The normalized spacial score (nSPS) is 13.0. The van der Waals surface area contributed by atoms with Crippen LogP contribution >= 0.6 is 0 Å². The van der Waals surface area contributed by atoms with Gasteiger partial charge in [0, 0.05) is 67.9 Å². The van der Waals surface area contributed by atoms with Crippen molar-refractivity contribution in [2.24, 2.45) is 0 Å². The van der Waals surface area contributed by atoms with E-state index in [1.165, 1.54) is 55.4 Å². The van der Waals surface area contributed by atoms with Crippen LogP contribution in [0.5, 0.6) is 0 Å². The summed E-state index contributed by atoms with van der Waals surface area (Å²) in [5.74, 6) is 0.